The van der Waals surface area contributed by atoms with Crippen molar-refractivity contribution < 1.29 is 14.0 Å². The molecule has 0 radical (unpaired) electrons. The molecule has 0 saturated carbocycles. The summed E-state index contributed by atoms with van der Waals surface area (Å²) >= 11 is 6.02. The van der Waals surface area contributed by atoms with E-state index in [1.807, 2.05) is 0 Å². The number of carbonyl (C=O) groups excluding carboxylic acids is 2. The molecule has 0 spiro atoms. The van der Waals surface area contributed by atoms with Crippen LogP contribution in [-0.2, 0) is 6.54 Å². The summed E-state index contributed by atoms with van der Waals surface area (Å²) in [6, 6.07) is 3.81. The number of fused-ring (bicyclic) bond motifs is 3. The Hall–Kier alpha value is -2.80. The number of H-pyrrole nitrogens is 1. The Balaban J connectivity index is 1.78. The summed E-state index contributed by atoms with van der Waals surface area (Å²) in [5.74, 6) is -1.44. The summed E-state index contributed by atoms with van der Waals surface area (Å²) in [7, 11) is 0. The fourth-order valence-corrected chi connectivity index (χ4v) is 2.82. The van der Waals surface area contributed by atoms with Crippen LogP contribution in [0.25, 0.3) is 11.0 Å². The molecule has 4 rings (SSSR count). The average molecular weight is 331 g/mol. The van der Waals surface area contributed by atoms with Crippen LogP contribution in [0.2, 0.25) is 5.02 Å². The molecule has 1 N–H and O–H groups in total. The predicted octanol–water partition coefficient (Wildman–Crippen LogP) is 2.55. The molecule has 0 atom stereocenters. The van der Waals surface area contributed by atoms with Crippen molar-refractivity contribution in [3.05, 3.63) is 58.1 Å². The molecule has 1 aromatic carbocycles. The second kappa shape index (κ2) is 4.85. The second-order valence-electron chi connectivity index (χ2n) is 5.11. The Bertz CT molecular complexity index is 985. The summed E-state index contributed by atoms with van der Waals surface area (Å²) in [5, 5.41) is 7.25. The van der Waals surface area contributed by atoms with E-state index in [0.717, 1.165) is 4.90 Å². The summed E-state index contributed by atoms with van der Waals surface area (Å²) in [6.45, 7) is -0.109. The van der Waals surface area contributed by atoms with Gasteiger partial charge < -0.3 is 0 Å². The summed E-state index contributed by atoms with van der Waals surface area (Å²) in [4.78, 5) is 30.2. The van der Waals surface area contributed by atoms with Crippen molar-refractivity contribution in [2.45, 2.75) is 6.54 Å². The van der Waals surface area contributed by atoms with E-state index in [-0.39, 0.29) is 22.7 Å². The maximum absolute atomic E-state index is 13.4. The van der Waals surface area contributed by atoms with Gasteiger partial charge in [-0.3, -0.25) is 19.6 Å². The lowest BCUT2D eigenvalue weighted by atomic mass is 10.1. The van der Waals surface area contributed by atoms with Crippen molar-refractivity contribution in [3.63, 3.8) is 0 Å². The standard InChI is InChI=1S/C15H8ClFN4O2/c16-11-2-1-8(17)3-7(11)6-21-14(22)10-4-18-13-9(5-19-20-13)12(10)15(21)23/h1-5H,6H2,(H,18,19,20). The second-order valence-corrected chi connectivity index (χ2v) is 5.52. The summed E-state index contributed by atoms with van der Waals surface area (Å²) in [5.41, 5.74) is 1.24. The van der Waals surface area contributed by atoms with E-state index in [4.69, 9.17) is 11.6 Å². The average Bonchev–Trinajstić information content (AvgIpc) is 3.09. The Labute approximate surface area is 133 Å². The van der Waals surface area contributed by atoms with Crippen molar-refractivity contribution in [1.82, 2.24) is 20.1 Å². The molecule has 0 fully saturated rings. The van der Waals surface area contributed by atoms with Gasteiger partial charge in [-0.05, 0) is 23.8 Å². The largest absolute Gasteiger partial charge is 0.270 e. The van der Waals surface area contributed by atoms with Crippen molar-refractivity contribution >= 4 is 34.4 Å². The first-order valence-electron chi connectivity index (χ1n) is 6.68. The molecule has 1 aliphatic heterocycles. The van der Waals surface area contributed by atoms with Gasteiger partial charge in [-0.15, -0.1) is 0 Å². The topological polar surface area (TPSA) is 79.0 Å². The molecule has 0 bridgehead atoms. The highest BCUT2D eigenvalue weighted by atomic mass is 35.5. The molecule has 0 aliphatic carbocycles. The van der Waals surface area contributed by atoms with Crippen LogP contribution in [0.5, 0.6) is 0 Å². The smallest absolute Gasteiger partial charge is 0.263 e. The monoisotopic (exact) mass is 330 g/mol. The molecule has 3 heterocycles. The number of hydrogen-bond donors (Lipinski definition) is 1. The molecule has 114 valence electrons. The van der Waals surface area contributed by atoms with Crippen LogP contribution in [0.3, 0.4) is 0 Å². The minimum atomic E-state index is -0.486. The Morgan fingerprint density at radius 2 is 2.04 bits per heavy atom. The van der Waals surface area contributed by atoms with Crippen molar-refractivity contribution in [1.29, 1.82) is 0 Å². The van der Waals surface area contributed by atoms with Crippen molar-refractivity contribution in [2.24, 2.45) is 0 Å². The Kier molecular flexibility index (Phi) is 2.92. The quantitative estimate of drug-likeness (QED) is 0.732. The molecule has 1 aliphatic rings. The van der Waals surface area contributed by atoms with E-state index in [9.17, 15) is 14.0 Å². The van der Waals surface area contributed by atoms with Gasteiger partial charge >= 0.3 is 0 Å². The summed E-state index contributed by atoms with van der Waals surface area (Å²) < 4.78 is 13.4. The molecular weight excluding hydrogens is 323 g/mol. The van der Waals surface area contributed by atoms with Gasteiger partial charge in [-0.1, -0.05) is 11.6 Å². The van der Waals surface area contributed by atoms with Crippen LogP contribution in [-0.4, -0.2) is 31.9 Å². The molecule has 0 saturated heterocycles. The molecular formula is C15H8ClFN4O2. The predicted molar refractivity (Wildman–Crippen MR) is 79.5 cm³/mol. The van der Waals surface area contributed by atoms with Crippen molar-refractivity contribution in [3.8, 4) is 0 Å². The number of halogens is 2. The highest BCUT2D eigenvalue weighted by molar-refractivity contribution is 6.31. The first-order chi connectivity index (χ1) is 11.1. The number of carbonyl (C=O) groups is 2. The van der Waals surface area contributed by atoms with Crippen LogP contribution < -0.4 is 0 Å². The van der Waals surface area contributed by atoms with Gasteiger partial charge in [0.25, 0.3) is 11.8 Å². The van der Waals surface area contributed by atoms with Gasteiger partial charge in [-0.2, -0.15) is 5.10 Å². The Morgan fingerprint density at radius 3 is 2.87 bits per heavy atom. The van der Waals surface area contributed by atoms with Gasteiger partial charge in [0.2, 0.25) is 0 Å². The minimum absolute atomic E-state index is 0.109. The van der Waals surface area contributed by atoms with Gasteiger partial charge in [0.05, 0.1) is 29.3 Å². The number of aromatic nitrogens is 3. The molecule has 2 aromatic heterocycles. The third-order valence-electron chi connectivity index (χ3n) is 3.75. The van der Waals surface area contributed by atoms with Gasteiger partial charge in [0.15, 0.2) is 5.65 Å². The molecule has 6 nitrogen and oxygen atoms in total. The van der Waals surface area contributed by atoms with Gasteiger partial charge in [-0.25, -0.2) is 9.37 Å². The first-order valence-corrected chi connectivity index (χ1v) is 7.06. The van der Waals surface area contributed by atoms with Crippen LogP contribution in [0.4, 0.5) is 4.39 Å². The number of aromatic amines is 1. The SMILES string of the molecule is O=C1c2cnc3[nH]ncc3c2C(=O)N1Cc1cc(F)ccc1Cl. The van der Waals surface area contributed by atoms with E-state index >= 15 is 0 Å². The van der Waals surface area contributed by atoms with E-state index in [0.29, 0.717) is 16.6 Å². The molecule has 8 heteroatoms. The number of amides is 2. The van der Waals surface area contributed by atoms with E-state index in [1.165, 1.54) is 30.6 Å². The number of pyridine rings is 1. The molecule has 3 aromatic rings. The lowest BCUT2D eigenvalue weighted by Gasteiger charge is -2.14. The molecule has 2 amide bonds. The molecule has 0 unspecified atom stereocenters. The third kappa shape index (κ3) is 2.01. The fraction of sp³-hybridized carbons (Fsp3) is 0.0667. The van der Waals surface area contributed by atoms with Crippen molar-refractivity contribution in [2.75, 3.05) is 0 Å². The zero-order chi connectivity index (χ0) is 16.1. The number of rotatable bonds is 2. The highest BCUT2D eigenvalue weighted by Gasteiger charge is 2.38. The lowest BCUT2D eigenvalue weighted by Crippen LogP contribution is -2.29. The van der Waals surface area contributed by atoms with Crippen LogP contribution in [0, 0.1) is 5.82 Å². The minimum Gasteiger partial charge on any atom is -0.270 e. The number of benzene rings is 1. The number of nitrogens with zero attached hydrogens (tertiary/aromatic N) is 3. The zero-order valence-electron chi connectivity index (χ0n) is 11.5. The maximum Gasteiger partial charge on any atom is 0.263 e. The van der Waals surface area contributed by atoms with Crippen LogP contribution in [0.1, 0.15) is 26.3 Å². The maximum atomic E-state index is 13.4. The fourth-order valence-electron chi connectivity index (χ4n) is 2.64. The van der Waals surface area contributed by atoms with Gasteiger partial charge in [0, 0.05) is 11.2 Å². The number of nitrogens with one attached hydrogen (secondary N) is 1. The van der Waals surface area contributed by atoms with Crippen LogP contribution >= 0.6 is 11.6 Å². The van der Waals surface area contributed by atoms with E-state index < -0.39 is 17.6 Å². The van der Waals surface area contributed by atoms with E-state index in [1.54, 1.807) is 0 Å². The normalized spacial score (nSPS) is 13.9. The van der Waals surface area contributed by atoms with Crippen LogP contribution in [0.15, 0.2) is 30.6 Å². The highest BCUT2D eigenvalue weighted by Crippen LogP contribution is 2.30. The molecule has 23 heavy (non-hydrogen) atoms. The first kappa shape index (κ1) is 13.8. The Morgan fingerprint density at radius 1 is 1.22 bits per heavy atom. The summed E-state index contributed by atoms with van der Waals surface area (Å²) in [6.07, 6.45) is 2.79. The number of imide groups is 1. The zero-order valence-corrected chi connectivity index (χ0v) is 12.3. The van der Waals surface area contributed by atoms with E-state index in [2.05, 4.69) is 15.2 Å². The number of hydrogen-bond acceptors (Lipinski definition) is 4. The third-order valence-corrected chi connectivity index (χ3v) is 4.12. The van der Waals surface area contributed by atoms with Gasteiger partial charge in [0.1, 0.15) is 5.82 Å². The lowest BCUT2D eigenvalue weighted by molar-refractivity contribution is 0.0643.